The highest BCUT2D eigenvalue weighted by molar-refractivity contribution is 9.10. The lowest BCUT2D eigenvalue weighted by atomic mass is 10.00. The number of piperidine rings is 1. The summed E-state index contributed by atoms with van der Waals surface area (Å²) in [4.78, 5) is 6.71. The number of aromatic nitrogens is 1. The van der Waals surface area contributed by atoms with Gasteiger partial charge in [-0.25, -0.2) is 4.98 Å². The molecule has 1 atom stereocenters. The van der Waals surface area contributed by atoms with Gasteiger partial charge in [-0.05, 0) is 40.8 Å². The van der Waals surface area contributed by atoms with Gasteiger partial charge in [-0.3, -0.25) is 0 Å². The Balaban J connectivity index is 2.24. The van der Waals surface area contributed by atoms with Gasteiger partial charge in [0, 0.05) is 29.3 Å². The van der Waals surface area contributed by atoms with Gasteiger partial charge in [-0.2, -0.15) is 0 Å². The van der Waals surface area contributed by atoms with Crippen molar-refractivity contribution in [1.82, 2.24) is 4.98 Å². The number of aliphatic hydroxyl groups excluding tert-OH is 1. The highest BCUT2D eigenvalue weighted by Gasteiger charge is 2.19. The van der Waals surface area contributed by atoms with E-state index in [2.05, 4.69) is 32.7 Å². The SMILES string of the molecule is CC1CCCN(c2ncc(Br)cc2CO)C1. The summed E-state index contributed by atoms with van der Waals surface area (Å²) in [6.07, 6.45) is 4.30. The molecule has 0 saturated carbocycles. The van der Waals surface area contributed by atoms with Crippen LogP contribution in [-0.4, -0.2) is 23.2 Å². The number of hydrogen-bond acceptors (Lipinski definition) is 3. The second-order valence-electron chi connectivity index (χ2n) is 4.49. The molecule has 1 fully saturated rings. The molecular weight excluding hydrogens is 268 g/mol. The molecule has 88 valence electrons. The van der Waals surface area contributed by atoms with E-state index in [4.69, 9.17) is 0 Å². The molecule has 2 heterocycles. The molecule has 1 N–H and O–H groups in total. The normalized spacial score (nSPS) is 21.2. The maximum absolute atomic E-state index is 9.35. The topological polar surface area (TPSA) is 36.4 Å². The summed E-state index contributed by atoms with van der Waals surface area (Å²) in [6, 6.07) is 1.95. The van der Waals surface area contributed by atoms with Gasteiger partial charge in [0.1, 0.15) is 5.82 Å². The van der Waals surface area contributed by atoms with Crippen LogP contribution in [0.5, 0.6) is 0 Å². The van der Waals surface area contributed by atoms with Crippen LogP contribution < -0.4 is 4.90 Å². The number of halogens is 1. The molecule has 16 heavy (non-hydrogen) atoms. The van der Waals surface area contributed by atoms with E-state index in [9.17, 15) is 5.11 Å². The lowest BCUT2D eigenvalue weighted by molar-refractivity contribution is 0.281. The predicted molar refractivity (Wildman–Crippen MR) is 68.5 cm³/mol. The van der Waals surface area contributed by atoms with E-state index in [-0.39, 0.29) is 6.61 Å². The van der Waals surface area contributed by atoms with Crippen LogP contribution in [0.2, 0.25) is 0 Å². The molecule has 1 aromatic heterocycles. The van der Waals surface area contributed by atoms with Gasteiger partial charge in [-0.1, -0.05) is 6.92 Å². The van der Waals surface area contributed by atoms with Crippen molar-refractivity contribution in [2.45, 2.75) is 26.4 Å². The van der Waals surface area contributed by atoms with Crippen molar-refractivity contribution in [3.8, 4) is 0 Å². The number of anilines is 1. The summed E-state index contributed by atoms with van der Waals surface area (Å²) in [5.74, 6) is 1.66. The first-order valence-electron chi connectivity index (χ1n) is 5.71. The third-order valence-electron chi connectivity index (χ3n) is 3.04. The molecule has 1 aliphatic rings. The third-order valence-corrected chi connectivity index (χ3v) is 3.47. The van der Waals surface area contributed by atoms with Crippen molar-refractivity contribution < 1.29 is 5.11 Å². The fraction of sp³-hybridized carbons (Fsp3) is 0.583. The molecule has 1 aromatic rings. The smallest absolute Gasteiger partial charge is 0.134 e. The van der Waals surface area contributed by atoms with Gasteiger partial charge in [-0.15, -0.1) is 0 Å². The lowest BCUT2D eigenvalue weighted by Gasteiger charge is -2.32. The predicted octanol–water partition coefficient (Wildman–Crippen LogP) is 2.57. The summed E-state index contributed by atoms with van der Waals surface area (Å²) in [7, 11) is 0. The maximum atomic E-state index is 9.35. The van der Waals surface area contributed by atoms with Crippen molar-refractivity contribution in [2.75, 3.05) is 18.0 Å². The van der Waals surface area contributed by atoms with Crippen LogP contribution in [-0.2, 0) is 6.61 Å². The molecule has 0 amide bonds. The van der Waals surface area contributed by atoms with E-state index in [0.717, 1.165) is 28.9 Å². The van der Waals surface area contributed by atoms with Crippen LogP contribution in [0.3, 0.4) is 0 Å². The molecular formula is C12H17BrN2O. The molecule has 0 radical (unpaired) electrons. The molecule has 0 bridgehead atoms. The Hall–Kier alpha value is -0.610. The van der Waals surface area contributed by atoms with Gasteiger partial charge >= 0.3 is 0 Å². The van der Waals surface area contributed by atoms with Gasteiger partial charge in [0.15, 0.2) is 0 Å². The quantitative estimate of drug-likeness (QED) is 0.907. The van der Waals surface area contributed by atoms with Gasteiger partial charge < -0.3 is 10.0 Å². The Kier molecular flexibility index (Phi) is 3.82. The first kappa shape index (κ1) is 11.9. The summed E-state index contributed by atoms with van der Waals surface area (Å²) in [5.41, 5.74) is 0.906. The third kappa shape index (κ3) is 2.55. The fourth-order valence-corrected chi connectivity index (χ4v) is 2.64. The van der Waals surface area contributed by atoms with E-state index < -0.39 is 0 Å². The second-order valence-corrected chi connectivity index (χ2v) is 5.40. The lowest BCUT2D eigenvalue weighted by Crippen LogP contribution is -2.35. The van der Waals surface area contributed by atoms with Crippen LogP contribution in [0, 0.1) is 5.92 Å². The molecule has 2 rings (SSSR count). The minimum Gasteiger partial charge on any atom is -0.392 e. The zero-order valence-corrected chi connectivity index (χ0v) is 11.1. The summed E-state index contributed by atoms with van der Waals surface area (Å²) in [6.45, 7) is 4.41. The average Bonchev–Trinajstić information content (AvgIpc) is 2.28. The standard InChI is InChI=1S/C12H17BrN2O/c1-9-3-2-4-15(7-9)12-10(8-16)5-11(13)6-14-12/h5-6,9,16H,2-4,7-8H2,1H3. The van der Waals surface area contributed by atoms with E-state index in [1.807, 2.05) is 6.07 Å². The first-order valence-corrected chi connectivity index (χ1v) is 6.50. The number of aliphatic hydroxyl groups is 1. The Morgan fingerprint density at radius 1 is 1.62 bits per heavy atom. The van der Waals surface area contributed by atoms with Crippen LogP contribution >= 0.6 is 15.9 Å². The van der Waals surface area contributed by atoms with E-state index in [1.165, 1.54) is 12.8 Å². The Labute approximate surface area is 105 Å². The van der Waals surface area contributed by atoms with Crippen molar-refractivity contribution in [1.29, 1.82) is 0 Å². The van der Waals surface area contributed by atoms with Gasteiger partial charge in [0.2, 0.25) is 0 Å². The fourth-order valence-electron chi connectivity index (χ4n) is 2.26. The minimum absolute atomic E-state index is 0.0483. The van der Waals surface area contributed by atoms with Crippen molar-refractivity contribution in [3.63, 3.8) is 0 Å². The van der Waals surface area contributed by atoms with Crippen LogP contribution in [0.4, 0.5) is 5.82 Å². The number of nitrogens with zero attached hydrogens (tertiary/aromatic N) is 2. The summed E-state index contributed by atoms with van der Waals surface area (Å²) >= 11 is 3.38. The van der Waals surface area contributed by atoms with Crippen LogP contribution in [0.25, 0.3) is 0 Å². The Morgan fingerprint density at radius 2 is 2.44 bits per heavy atom. The molecule has 0 aromatic carbocycles. The van der Waals surface area contributed by atoms with Crippen molar-refractivity contribution >= 4 is 21.7 Å². The van der Waals surface area contributed by atoms with Crippen LogP contribution in [0.15, 0.2) is 16.7 Å². The van der Waals surface area contributed by atoms with Crippen LogP contribution in [0.1, 0.15) is 25.3 Å². The number of pyridine rings is 1. The summed E-state index contributed by atoms with van der Waals surface area (Å²) < 4.78 is 0.922. The van der Waals surface area contributed by atoms with Gasteiger partial charge in [0.25, 0.3) is 0 Å². The van der Waals surface area contributed by atoms with E-state index >= 15 is 0 Å². The van der Waals surface area contributed by atoms with Gasteiger partial charge in [0.05, 0.1) is 6.61 Å². The second kappa shape index (κ2) is 5.15. The number of rotatable bonds is 2. The zero-order valence-electron chi connectivity index (χ0n) is 9.49. The minimum atomic E-state index is 0.0483. The Bertz CT molecular complexity index is 370. The Morgan fingerprint density at radius 3 is 3.12 bits per heavy atom. The zero-order chi connectivity index (χ0) is 11.5. The van der Waals surface area contributed by atoms with Crippen molar-refractivity contribution in [2.24, 2.45) is 5.92 Å². The molecule has 1 saturated heterocycles. The summed E-state index contributed by atoms with van der Waals surface area (Å²) in [5, 5.41) is 9.35. The van der Waals surface area contributed by atoms with E-state index in [0.29, 0.717) is 5.92 Å². The van der Waals surface area contributed by atoms with E-state index in [1.54, 1.807) is 6.20 Å². The molecule has 3 nitrogen and oxygen atoms in total. The molecule has 1 aliphatic heterocycles. The molecule has 4 heteroatoms. The largest absolute Gasteiger partial charge is 0.392 e. The first-order chi connectivity index (χ1) is 7.70. The molecule has 1 unspecified atom stereocenters. The molecule has 0 aliphatic carbocycles. The highest BCUT2D eigenvalue weighted by Crippen LogP contribution is 2.26. The monoisotopic (exact) mass is 284 g/mol. The number of hydrogen-bond donors (Lipinski definition) is 1. The van der Waals surface area contributed by atoms with Crippen molar-refractivity contribution in [3.05, 3.63) is 22.3 Å². The highest BCUT2D eigenvalue weighted by atomic mass is 79.9. The average molecular weight is 285 g/mol. The molecule has 0 spiro atoms. The maximum Gasteiger partial charge on any atom is 0.134 e.